The summed E-state index contributed by atoms with van der Waals surface area (Å²) in [5, 5.41) is 11.8. The number of hydrogen-bond donors (Lipinski definition) is 1. The van der Waals surface area contributed by atoms with Gasteiger partial charge in [0.25, 0.3) is 0 Å². The average molecular weight is 358 g/mol. The number of methoxy groups -OCH3 is 1. The minimum Gasteiger partial charge on any atom is -0.377 e. The number of nitrogens with zero attached hydrogens (tertiary/aromatic N) is 1. The Hall–Kier alpha value is -2.47. The van der Waals surface area contributed by atoms with E-state index in [1.165, 1.54) is 7.11 Å². The van der Waals surface area contributed by atoms with E-state index in [4.69, 9.17) is 4.74 Å². The van der Waals surface area contributed by atoms with Crippen molar-refractivity contribution in [2.45, 2.75) is 39.7 Å². The number of carbonyl (C=O) groups is 1. The van der Waals surface area contributed by atoms with Crippen molar-refractivity contribution in [3.63, 3.8) is 0 Å². The van der Waals surface area contributed by atoms with Gasteiger partial charge in [-0.05, 0) is 18.6 Å². The van der Waals surface area contributed by atoms with Crippen molar-refractivity contribution in [2.24, 2.45) is 5.41 Å². The topological polar surface area (TPSA) is 85.2 Å². The highest BCUT2D eigenvalue weighted by Gasteiger charge is 2.41. The van der Waals surface area contributed by atoms with Crippen LogP contribution in [-0.4, -0.2) is 35.4 Å². The molecule has 2 rings (SSSR count). The number of benzene rings is 1. The normalized spacial score (nSPS) is 12.8. The van der Waals surface area contributed by atoms with Crippen molar-refractivity contribution in [1.82, 2.24) is 4.98 Å². The molecule has 1 aromatic heterocycles. The van der Waals surface area contributed by atoms with Gasteiger partial charge in [-0.15, -0.1) is 0 Å². The third-order valence-corrected chi connectivity index (χ3v) is 4.71. The summed E-state index contributed by atoms with van der Waals surface area (Å²) in [6.07, 6.45) is 2.13. The molecule has 0 aliphatic heterocycles. The first-order valence-electron chi connectivity index (χ1n) is 8.62. The number of aryl methyl sites for hydroxylation is 1. The summed E-state index contributed by atoms with van der Waals surface area (Å²) in [6.45, 7) is 5.53. The lowest BCUT2D eigenvalue weighted by molar-refractivity contribution is -0.540. The summed E-state index contributed by atoms with van der Waals surface area (Å²) in [5.41, 5.74) is 3.15. The lowest BCUT2D eigenvalue weighted by Crippen LogP contribution is -2.40. The van der Waals surface area contributed by atoms with Gasteiger partial charge in [0, 0.05) is 41.3 Å². The standard InChI is InChI=1S/C20H26N2O4/c1-14-5-7-15(8-6-14)17-9-10-21-18(17)11-19(22(24)25)20(2,3)12-16(23)13-26-4/h5-10,19,21H,11-13H2,1-4H3. The number of H-pyrrole nitrogens is 1. The van der Waals surface area contributed by atoms with Crippen LogP contribution in [0.15, 0.2) is 36.5 Å². The summed E-state index contributed by atoms with van der Waals surface area (Å²) in [5.74, 6) is -0.130. The number of hydrogen-bond acceptors (Lipinski definition) is 4. The van der Waals surface area contributed by atoms with E-state index in [1.807, 2.05) is 37.3 Å². The molecule has 0 amide bonds. The minimum atomic E-state index is -0.883. The van der Waals surface area contributed by atoms with Crippen LogP contribution in [0.25, 0.3) is 11.1 Å². The van der Waals surface area contributed by atoms with Gasteiger partial charge in [0.2, 0.25) is 6.04 Å². The number of aromatic amines is 1. The summed E-state index contributed by atoms with van der Waals surface area (Å²) >= 11 is 0. The first-order valence-corrected chi connectivity index (χ1v) is 8.62. The van der Waals surface area contributed by atoms with Crippen LogP contribution in [-0.2, 0) is 16.0 Å². The zero-order valence-corrected chi connectivity index (χ0v) is 15.7. The molecule has 1 aromatic carbocycles. The molecule has 6 nitrogen and oxygen atoms in total. The van der Waals surface area contributed by atoms with Gasteiger partial charge in [-0.25, -0.2) is 0 Å². The highest BCUT2D eigenvalue weighted by molar-refractivity contribution is 5.80. The van der Waals surface area contributed by atoms with Crippen LogP contribution in [0, 0.1) is 22.5 Å². The van der Waals surface area contributed by atoms with Crippen LogP contribution >= 0.6 is 0 Å². The first-order chi connectivity index (χ1) is 12.2. The number of nitrogens with one attached hydrogen (secondary N) is 1. The molecule has 2 aromatic rings. The Bertz CT molecular complexity index is 762. The third kappa shape index (κ3) is 4.79. The van der Waals surface area contributed by atoms with Crippen LogP contribution in [0.2, 0.25) is 0 Å². The van der Waals surface area contributed by atoms with Gasteiger partial charge in [-0.3, -0.25) is 14.9 Å². The van der Waals surface area contributed by atoms with Crippen molar-refractivity contribution in [3.05, 3.63) is 57.9 Å². The first kappa shape index (κ1) is 19.8. The highest BCUT2D eigenvalue weighted by atomic mass is 16.6. The third-order valence-electron chi connectivity index (χ3n) is 4.71. The van der Waals surface area contributed by atoms with Crippen LogP contribution in [0.4, 0.5) is 0 Å². The van der Waals surface area contributed by atoms with Crippen LogP contribution < -0.4 is 0 Å². The number of aromatic nitrogens is 1. The number of rotatable bonds is 9. The predicted octanol–water partition coefficient (Wildman–Crippen LogP) is 3.81. The fourth-order valence-electron chi connectivity index (χ4n) is 3.24. The van der Waals surface area contributed by atoms with E-state index >= 15 is 0 Å². The second-order valence-corrected chi connectivity index (χ2v) is 7.38. The van der Waals surface area contributed by atoms with E-state index in [9.17, 15) is 14.9 Å². The Kier molecular flexibility index (Phi) is 6.32. The second kappa shape index (κ2) is 8.27. The average Bonchev–Trinajstić information content (AvgIpc) is 3.00. The van der Waals surface area contributed by atoms with Gasteiger partial charge < -0.3 is 9.72 Å². The van der Waals surface area contributed by atoms with Gasteiger partial charge in [0.1, 0.15) is 6.61 Å². The molecule has 140 valence electrons. The maximum absolute atomic E-state index is 12.0. The molecule has 1 atom stereocenters. The summed E-state index contributed by atoms with van der Waals surface area (Å²) in [6, 6.07) is 9.10. The molecule has 0 aliphatic rings. The smallest absolute Gasteiger partial charge is 0.224 e. The van der Waals surface area contributed by atoms with E-state index in [1.54, 1.807) is 20.0 Å². The van der Waals surface area contributed by atoms with E-state index < -0.39 is 11.5 Å². The number of ketones is 1. The maximum atomic E-state index is 12.0. The van der Waals surface area contributed by atoms with Crippen LogP contribution in [0.3, 0.4) is 0 Å². The van der Waals surface area contributed by atoms with Crippen molar-refractivity contribution in [3.8, 4) is 11.1 Å². The molecule has 0 fully saturated rings. The highest BCUT2D eigenvalue weighted by Crippen LogP contribution is 2.32. The molecule has 0 saturated carbocycles. The lowest BCUT2D eigenvalue weighted by atomic mass is 9.77. The van der Waals surface area contributed by atoms with Gasteiger partial charge in [-0.1, -0.05) is 43.7 Å². The maximum Gasteiger partial charge on any atom is 0.224 e. The monoisotopic (exact) mass is 358 g/mol. The molecule has 1 N–H and O–H groups in total. The zero-order valence-electron chi connectivity index (χ0n) is 15.7. The lowest BCUT2D eigenvalue weighted by Gasteiger charge is -2.27. The van der Waals surface area contributed by atoms with Crippen molar-refractivity contribution in [2.75, 3.05) is 13.7 Å². The predicted molar refractivity (Wildman–Crippen MR) is 101 cm³/mol. The number of carbonyl (C=O) groups excluding carboxylic acids is 1. The zero-order chi connectivity index (χ0) is 19.3. The minimum absolute atomic E-state index is 0.0228. The molecule has 6 heteroatoms. The number of ether oxygens (including phenoxy) is 1. The SMILES string of the molecule is COCC(=O)CC(C)(C)C(Cc1[nH]ccc1-c1ccc(C)cc1)[N+](=O)[O-]. The number of nitro groups is 1. The van der Waals surface area contributed by atoms with Gasteiger partial charge in [0.05, 0.1) is 6.42 Å². The molecular weight excluding hydrogens is 332 g/mol. The molecule has 0 spiro atoms. The van der Waals surface area contributed by atoms with Crippen molar-refractivity contribution in [1.29, 1.82) is 0 Å². The van der Waals surface area contributed by atoms with Gasteiger partial charge in [0.15, 0.2) is 5.78 Å². The quantitative estimate of drug-likeness (QED) is 0.545. The Balaban J connectivity index is 2.26. The van der Waals surface area contributed by atoms with Gasteiger partial charge >= 0.3 is 0 Å². The molecule has 1 heterocycles. The van der Waals surface area contributed by atoms with E-state index in [0.717, 1.165) is 22.4 Å². The van der Waals surface area contributed by atoms with E-state index in [2.05, 4.69) is 4.98 Å². The van der Waals surface area contributed by atoms with Crippen LogP contribution in [0.1, 0.15) is 31.5 Å². The fraction of sp³-hybridized carbons (Fsp3) is 0.450. The second-order valence-electron chi connectivity index (χ2n) is 7.38. The Morgan fingerprint density at radius 1 is 1.27 bits per heavy atom. The Labute approximate surface area is 153 Å². The summed E-state index contributed by atoms with van der Waals surface area (Å²) in [7, 11) is 1.45. The van der Waals surface area contributed by atoms with E-state index in [-0.39, 0.29) is 30.2 Å². The Morgan fingerprint density at radius 3 is 2.50 bits per heavy atom. The molecule has 0 bridgehead atoms. The largest absolute Gasteiger partial charge is 0.377 e. The molecular formula is C20H26N2O4. The van der Waals surface area contributed by atoms with Crippen molar-refractivity contribution >= 4 is 5.78 Å². The molecule has 0 aliphatic carbocycles. The Morgan fingerprint density at radius 2 is 1.92 bits per heavy atom. The van der Waals surface area contributed by atoms with E-state index in [0.29, 0.717) is 0 Å². The molecule has 0 saturated heterocycles. The molecule has 1 unspecified atom stereocenters. The number of Topliss-reactive ketones (excluding diaryl/α,β-unsaturated/α-hetero) is 1. The molecule has 26 heavy (non-hydrogen) atoms. The van der Waals surface area contributed by atoms with Crippen LogP contribution in [0.5, 0.6) is 0 Å². The van der Waals surface area contributed by atoms with Gasteiger partial charge in [-0.2, -0.15) is 0 Å². The molecule has 0 radical (unpaired) electrons. The summed E-state index contributed by atoms with van der Waals surface area (Å²) < 4.78 is 4.86. The fourth-order valence-corrected chi connectivity index (χ4v) is 3.24. The van der Waals surface area contributed by atoms with Crippen molar-refractivity contribution < 1.29 is 14.5 Å². The summed E-state index contributed by atoms with van der Waals surface area (Å²) in [4.78, 5) is 26.6.